The summed E-state index contributed by atoms with van der Waals surface area (Å²) in [6.45, 7) is 5.82. The SMILES string of the molecule is CCOc1cc(CCCNC(=NCC(=O)N(C)C)NCC2CCOC2)ccc1OC. The predicted molar refractivity (Wildman–Crippen MR) is 118 cm³/mol. The monoisotopic (exact) mass is 420 g/mol. The van der Waals surface area contributed by atoms with Gasteiger partial charge in [0.2, 0.25) is 5.91 Å². The predicted octanol–water partition coefficient (Wildman–Crippen LogP) is 1.69. The number of rotatable bonds is 11. The Bertz CT molecular complexity index is 688. The maximum Gasteiger partial charge on any atom is 0.243 e. The Morgan fingerprint density at radius 3 is 2.80 bits per heavy atom. The van der Waals surface area contributed by atoms with E-state index in [1.807, 2.05) is 19.1 Å². The quantitative estimate of drug-likeness (QED) is 0.322. The Morgan fingerprint density at radius 2 is 2.13 bits per heavy atom. The average Bonchev–Trinajstić information content (AvgIpc) is 3.26. The van der Waals surface area contributed by atoms with Crippen molar-refractivity contribution in [2.45, 2.75) is 26.2 Å². The zero-order valence-corrected chi connectivity index (χ0v) is 18.7. The van der Waals surface area contributed by atoms with Crippen LogP contribution in [0.4, 0.5) is 0 Å². The fraction of sp³-hybridized carbons (Fsp3) is 0.636. The molecule has 1 aromatic carbocycles. The van der Waals surface area contributed by atoms with Crippen molar-refractivity contribution in [2.75, 3.05) is 60.7 Å². The molecule has 1 saturated heterocycles. The van der Waals surface area contributed by atoms with Crippen LogP contribution in [-0.2, 0) is 16.0 Å². The fourth-order valence-corrected chi connectivity index (χ4v) is 3.09. The van der Waals surface area contributed by atoms with Crippen molar-refractivity contribution in [2.24, 2.45) is 10.9 Å². The van der Waals surface area contributed by atoms with Gasteiger partial charge in [-0.2, -0.15) is 0 Å². The van der Waals surface area contributed by atoms with Crippen LogP contribution < -0.4 is 20.1 Å². The molecule has 0 bridgehead atoms. The second-order valence-corrected chi connectivity index (χ2v) is 7.51. The molecule has 0 aliphatic carbocycles. The molecule has 1 aliphatic rings. The molecule has 0 saturated carbocycles. The van der Waals surface area contributed by atoms with Gasteiger partial charge in [0.25, 0.3) is 0 Å². The molecule has 2 N–H and O–H groups in total. The summed E-state index contributed by atoms with van der Waals surface area (Å²) in [4.78, 5) is 17.9. The minimum absolute atomic E-state index is 0.0259. The second-order valence-electron chi connectivity index (χ2n) is 7.51. The van der Waals surface area contributed by atoms with Gasteiger partial charge in [0, 0.05) is 39.7 Å². The number of carbonyl (C=O) groups excluding carboxylic acids is 1. The van der Waals surface area contributed by atoms with Gasteiger partial charge in [-0.05, 0) is 43.9 Å². The highest BCUT2D eigenvalue weighted by Gasteiger charge is 2.16. The lowest BCUT2D eigenvalue weighted by atomic mass is 10.1. The van der Waals surface area contributed by atoms with Crippen molar-refractivity contribution in [3.05, 3.63) is 23.8 Å². The highest BCUT2D eigenvalue weighted by molar-refractivity contribution is 5.84. The van der Waals surface area contributed by atoms with Crippen molar-refractivity contribution in [1.29, 1.82) is 0 Å². The summed E-state index contributed by atoms with van der Waals surface area (Å²) in [6, 6.07) is 6.04. The standard InChI is InChI=1S/C22H36N4O4/c1-5-30-20-13-17(8-9-19(20)28-4)7-6-11-23-22(25-15-21(27)26(2)3)24-14-18-10-12-29-16-18/h8-9,13,18H,5-7,10-12,14-16H2,1-4H3,(H2,23,24,25). The van der Waals surface area contributed by atoms with E-state index in [9.17, 15) is 4.79 Å². The Balaban J connectivity index is 1.85. The van der Waals surface area contributed by atoms with E-state index in [0.717, 1.165) is 57.1 Å². The third kappa shape index (κ3) is 8.10. The van der Waals surface area contributed by atoms with Gasteiger partial charge >= 0.3 is 0 Å². The van der Waals surface area contributed by atoms with Gasteiger partial charge in [-0.25, -0.2) is 4.99 Å². The third-order valence-corrected chi connectivity index (χ3v) is 4.92. The van der Waals surface area contributed by atoms with E-state index in [-0.39, 0.29) is 12.5 Å². The first-order valence-corrected chi connectivity index (χ1v) is 10.6. The van der Waals surface area contributed by atoms with Gasteiger partial charge < -0.3 is 29.7 Å². The van der Waals surface area contributed by atoms with Crippen LogP contribution in [0.1, 0.15) is 25.3 Å². The first kappa shape index (κ1) is 23.8. The summed E-state index contributed by atoms with van der Waals surface area (Å²) in [5, 5.41) is 6.69. The molecule has 1 aromatic rings. The molecule has 1 unspecified atom stereocenters. The molecule has 1 heterocycles. The summed E-state index contributed by atoms with van der Waals surface area (Å²) < 4.78 is 16.4. The number of hydrogen-bond donors (Lipinski definition) is 2. The maximum absolute atomic E-state index is 11.9. The number of guanidine groups is 1. The zero-order chi connectivity index (χ0) is 21.8. The molecule has 168 valence electrons. The number of aliphatic imine (C=N–C) groups is 1. The third-order valence-electron chi connectivity index (χ3n) is 4.92. The molecule has 1 amide bonds. The Morgan fingerprint density at radius 1 is 1.30 bits per heavy atom. The molecule has 0 aromatic heterocycles. The largest absolute Gasteiger partial charge is 0.493 e. The Kier molecular flexibility index (Phi) is 10.3. The van der Waals surface area contributed by atoms with E-state index in [0.29, 0.717) is 18.5 Å². The van der Waals surface area contributed by atoms with E-state index in [1.165, 1.54) is 5.56 Å². The maximum atomic E-state index is 11.9. The van der Waals surface area contributed by atoms with Crippen LogP contribution in [0, 0.1) is 5.92 Å². The van der Waals surface area contributed by atoms with Crippen molar-refractivity contribution in [3.8, 4) is 11.5 Å². The lowest BCUT2D eigenvalue weighted by Crippen LogP contribution is -2.41. The smallest absolute Gasteiger partial charge is 0.243 e. The summed E-state index contributed by atoms with van der Waals surface area (Å²) >= 11 is 0. The van der Waals surface area contributed by atoms with Crippen LogP contribution in [0.5, 0.6) is 11.5 Å². The van der Waals surface area contributed by atoms with Crippen LogP contribution in [0.3, 0.4) is 0 Å². The van der Waals surface area contributed by atoms with Crippen molar-refractivity contribution < 1.29 is 19.0 Å². The topological polar surface area (TPSA) is 84.4 Å². The molecule has 0 radical (unpaired) electrons. The number of nitrogens with zero attached hydrogens (tertiary/aromatic N) is 2. The molecule has 30 heavy (non-hydrogen) atoms. The first-order valence-electron chi connectivity index (χ1n) is 10.6. The fourth-order valence-electron chi connectivity index (χ4n) is 3.09. The molecular weight excluding hydrogens is 384 g/mol. The van der Waals surface area contributed by atoms with Gasteiger partial charge in [0.05, 0.1) is 20.3 Å². The molecular formula is C22H36N4O4. The van der Waals surface area contributed by atoms with Gasteiger partial charge in [-0.1, -0.05) is 6.07 Å². The van der Waals surface area contributed by atoms with Crippen molar-refractivity contribution in [1.82, 2.24) is 15.5 Å². The highest BCUT2D eigenvalue weighted by atomic mass is 16.5. The van der Waals surface area contributed by atoms with E-state index >= 15 is 0 Å². The molecule has 8 heteroatoms. The molecule has 0 spiro atoms. The van der Waals surface area contributed by atoms with Gasteiger partial charge in [-0.15, -0.1) is 0 Å². The number of methoxy groups -OCH3 is 1. The van der Waals surface area contributed by atoms with Gasteiger partial charge in [0.1, 0.15) is 6.54 Å². The highest BCUT2D eigenvalue weighted by Crippen LogP contribution is 2.28. The minimum Gasteiger partial charge on any atom is -0.493 e. The number of benzene rings is 1. The molecule has 1 aliphatic heterocycles. The summed E-state index contributed by atoms with van der Waals surface area (Å²) in [6.07, 6.45) is 2.88. The minimum atomic E-state index is -0.0259. The molecule has 8 nitrogen and oxygen atoms in total. The van der Waals surface area contributed by atoms with E-state index < -0.39 is 0 Å². The normalized spacial score (nSPS) is 16.3. The number of ether oxygens (including phenoxy) is 3. The van der Waals surface area contributed by atoms with Gasteiger partial charge in [-0.3, -0.25) is 4.79 Å². The number of amides is 1. The van der Waals surface area contributed by atoms with Crippen LogP contribution in [-0.4, -0.2) is 77.4 Å². The zero-order valence-electron chi connectivity index (χ0n) is 18.7. The van der Waals surface area contributed by atoms with E-state index in [2.05, 4.69) is 21.7 Å². The Labute approximate surface area is 180 Å². The van der Waals surface area contributed by atoms with Crippen molar-refractivity contribution in [3.63, 3.8) is 0 Å². The summed E-state index contributed by atoms with van der Waals surface area (Å²) in [7, 11) is 5.12. The first-order chi connectivity index (χ1) is 14.5. The van der Waals surface area contributed by atoms with Crippen LogP contribution in [0.15, 0.2) is 23.2 Å². The van der Waals surface area contributed by atoms with E-state index in [1.54, 1.807) is 26.1 Å². The van der Waals surface area contributed by atoms with Gasteiger partial charge in [0.15, 0.2) is 17.5 Å². The summed E-state index contributed by atoms with van der Waals surface area (Å²) in [5.41, 5.74) is 1.19. The lowest BCUT2D eigenvalue weighted by Gasteiger charge is -2.16. The Hall–Kier alpha value is -2.48. The van der Waals surface area contributed by atoms with Crippen LogP contribution in [0.25, 0.3) is 0 Å². The van der Waals surface area contributed by atoms with Crippen LogP contribution in [0.2, 0.25) is 0 Å². The number of aryl methyl sites for hydroxylation is 1. The average molecular weight is 421 g/mol. The summed E-state index contributed by atoms with van der Waals surface area (Å²) in [5.74, 6) is 2.65. The molecule has 2 rings (SSSR count). The molecule has 1 atom stereocenters. The lowest BCUT2D eigenvalue weighted by molar-refractivity contribution is -0.127. The number of carbonyl (C=O) groups is 1. The van der Waals surface area contributed by atoms with Crippen molar-refractivity contribution >= 4 is 11.9 Å². The molecule has 1 fully saturated rings. The number of hydrogen-bond acceptors (Lipinski definition) is 5. The number of nitrogens with one attached hydrogen (secondary N) is 2. The number of likely N-dealkylation sites (N-methyl/N-ethyl adjacent to an activating group) is 1. The van der Waals surface area contributed by atoms with E-state index in [4.69, 9.17) is 14.2 Å². The van der Waals surface area contributed by atoms with Crippen LogP contribution >= 0.6 is 0 Å². The second kappa shape index (κ2) is 13.0.